The summed E-state index contributed by atoms with van der Waals surface area (Å²) in [5.41, 5.74) is 1.12. The van der Waals surface area contributed by atoms with Crippen LogP contribution in [0.1, 0.15) is 23.7 Å². The van der Waals surface area contributed by atoms with Crippen LogP contribution in [0.5, 0.6) is 5.75 Å². The third-order valence-corrected chi connectivity index (χ3v) is 4.63. The summed E-state index contributed by atoms with van der Waals surface area (Å²) in [4.78, 5) is 18.3. The van der Waals surface area contributed by atoms with Gasteiger partial charge in [-0.05, 0) is 35.9 Å². The Kier molecular flexibility index (Phi) is 4.77. The quantitative estimate of drug-likeness (QED) is 0.672. The standard InChI is InChI=1S/C20H17F2N3O3/c1-27-17-4-2-3-13(7-17)20-23-19(24-28-20)14-8-18(26)25(11-14)10-12-5-15(21)9-16(22)6-12/h2-7,9,14H,8,10-11H2,1H3. The van der Waals surface area contributed by atoms with Crippen molar-refractivity contribution in [2.45, 2.75) is 18.9 Å². The smallest absolute Gasteiger partial charge is 0.258 e. The fourth-order valence-electron chi connectivity index (χ4n) is 3.29. The van der Waals surface area contributed by atoms with Gasteiger partial charge in [-0.3, -0.25) is 4.79 Å². The van der Waals surface area contributed by atoms with Crippen molar-refractivity contribution in [1.29, 1.82) is 0 Å². The largest absolute Gasteiger partial charge is 0.497 e. The molecule has 1 atom stereocenters. The van der Waals surface area contributed by atoms with Gasteiger partial charge in [0, 0.05) is 37.1 Å². The monoisotopic (exact) mass is 385 g/mol. The number of methoxy groups -OCH3 is 1. The molecule has 1 aromatic heterocycles. The van der Waals surface area contributed by atoms with E-state index in [1.54, 1.807) is 18.1 Å². The predicted molar refractivity (Wildman–Crippen MR) is 95.4 cm³/mol. The van der Waals surface area contributed by atoms with Crippen LogP contribution < -0.4 is 4.74 Å². The van der Waals surface area contributed by atoms with Crippen LogP contribution in [0.4, 0.5) is 8.78 Å². The van der Waals surface area contributed by atoms with E-state index in [-0.39, 0.29) is 24.8 Å². The lowest BCUT2D eigenvalue weighted by Gasteiger charge is -2.16. The van der Waals surface area contributed by atoms with Gasteiger partial charge < -0.3 is 14.2 Å². The molecule has 1 aliphatic rings. The molecule has 2 heterocycles. The molecule has 1 unspecified atom stereocenters. The number of carbonyl (C=O) groups excluding carboxylic acids is 1. The van der Waals surface area contributed by atoms with Gasteiger partial charge in [0.1, 0.15) is 17.4 Å². The number of benzene rings is 2. The van der Waals surface area contributed by atoms with Crippen LogP contribution in [0.2, 0.25) is 0 Å². The second-order valence-electron chi connectivity index (χ2n) is 6.64. The van der Waals surface area contributed by atoms with Gasteiger partial charge >= 0.3 is 0 Å². The Morgan fingerprint density at radius 1 is 1.21 bits per heavy atom. The Balaban J connectivity index is 1.49. The summed E-state index contributed by atoms with van der Waals surface area (Å²) in [6, 6.07) is 10.5. The Bertz CT molecular complexity index is 1000. The average molecular weight is 385 g/mol. The molecule has 144 valence electrons. The maximum Gasteiger partial charge on any atom is 0.258 e. The van der Waals surface area contributed by atoms with E-state index in [0.717, 1.165) is 11.6 Å². The number of halogens is 2. The number of hydrogen-bond donors (Lipinski definition) is 0. The Morgan fingerprint density at radius 2 is 2.00 bits per heavy atom. The lowest BCUT2D eigenvalue weighted by molar-refractivity contribution is -0.128. The molecule has 0 bridgehead atoms. The Morgan fingerprint density at radius 3 is 2.75 bits per heavy atom. The van der Waals surface area contributed by atoms with Gasteiger partial charge in [-0.2, -0.15) is 4.98 Å². The summed E-state index contributed by atoms with van der Waals surface area (Å²) >= 11 is 0. The van der Waals surface area contributed by atoms with E-state index in [1.165, 1.54) is 12.1 Å². The molecule has 0 N–H and O–H groups in total. The molecule has 0 saturated carbocycles. The van der Waals surface area contributed by atoms with Crippen LogP contribution in [0.3, 0.4) is 0 Å². The number of rotatable bonds is 5. The minimum Gasteiger partial charge on any atom is -0.497 e. The first-order chi connectivity index (χ1) is 13.5. The molecule has 1 saturated heterocycles. The zero-order chi connectivity index (χ0) is 19.7. The lowest BCUT2D eigenvalue weighted by Crippen LogP contribution is -2.24. The van der Waals surface area contributed by atoms with Gasteiger partial charge in [0.15, 0.2) is 5.82 Å². The van der Waals surface area contributed by atoms with Crippen LogP contribution in [0.15, 0.2) is 47.0 Å². The SMILES string of the molecule is COc1cccc(-c2nc(C3CC(=O)N(Cc4cc(F)cc(F)c4)C3)no2)c1. The average Bonchev–Trinajstić information content (AvgIpc) is 3.28. The number of likely N-dealkylation sites (tertiary alicyclic amines) is 1. The number of ether oxygens (including phenoxy) is 1. The molecule has 0 spiro atoms. The van der Waals surface area contributed by atoms with Gasteiger partial charge in [0.05, 0.1) is 7.11 Å². The zero-order valence-electron chi connectivity index (χ0n) is 15.1. The van der Waals surface area contributed by atoms with Gasteiger partial charge in [0.25, 0.3) is 5.89 Å². The molecule has 1 amide bonds. The molecule has 0 aliphatic carbocycles. The fourth-order valence-corrected chi connectivity index (χ4v) is 3.29. The first-order valence-electron chi connectivity index (χ1n) is 8.72. The maximum absolute atomic E-state index is 13.4. The summed E-state index contributed by atoms with van der Waals surface area (Å²) in [6.45, 7) is 0.485. The van der Waals surface area contributed by atoms with Crippen molar-refractivity contribution in [2.75, 3.05) is 13.7 Å². The zero-order valence-corrected chi connectivity index (χ0v) is 15.1. The first kappa shape index (κ1) is 18.1. The molecular weight excluding hydrogens is 368 g/mol. The van der Waals surface area contributed by atoms with E-state index >= 15 is 0 Å². The number of amides is 1. The highest BCUT2D eigenvalue weighted by molar-refractivity contribution is 5.79. The van der Waals surface area contributed by atoms with Crippen molar-refractivity contribution in [3.05, 3.63) is 65.5 Å². The van der Waals surface area contributed by atoms with E-state index in [0.29, 0.717) is 29.6 Å². The molecule has 3 aromatic rings. The molecule has 6 nitrogen and oxygen atoms in total. The van der Waals surface area contributed by atoms with Crippen molar-refractivity contribution in [3.63, 3.8) is 0 Å². The number of aromatic nitrogens is 2. The van der Waals surface area contributed by atoms with Crippen LogP contribution in [0.25, 0.3) is 11.5 Å². The normalized spacial score (nSPS) is 16.6. The van der Waals surface area contributed by atoms with Crippen molar-refractivity contribution in [2.24, 2.45) is 0 Å². The minimum atomic E-state index is -0.667. The van der Waals surface area contributed by atoms with E-state index in [2.05, 4.69) is 10.1 Å². The number of hydrogen-bond acceptors (Lipinski definition) is 5. The summed E-state index contributed by atoms with van der Waals surface area (Å²) in [7, 11) is 1.57. The third-order valence-electron chi connectivity index (χ3n) is 4.63. The van der Waals surface area contributed by atoms with E-state index in [9.17, 15) is 13.6 Å². The molecule has 1 fully saturated rings. The van der Waals surface area contributed by atoms with Crippen molar-refractivity contribution in [1.82, 2.24) is 15.0 Å². The summed E-state index contributed by atoms with van der Waals surface area (Å²) in [5.74, 6) is -0.261. The summed E-state index contributed by atoms with van der Waals surface area (Å²) < 4.78 is 37.3. The summed E-state index contributed by atoms with van der Waals surface area (Å²) in [5, 5.41) is 4.01. The Hall–Kier alpha value is -3.29. The van der Waals surface area contributed by atoms with Crippen LogP contribution >= 0.6 is 0 Å². The number of nitrogens with zero attached hydrogens (tertiary/aromatic N) is 3. The minimum absolute atomic E-state index is 0.123. The molecule has 4 rings (SSSR count). The summed E-state index contributed by atoms with van der Waals surface area (Å²) in [6.07, 6.45) is 0.217. The van der Waals surface area contributed by atoms with E-state index in [4.69, 9.17) is 9.26 Å². The van der Waals surface area contributed by atoms with Crippen molar-refractivity contribution in [3.8, 4) is 17.2 Å². The second kappa shape index (κ2) is 7.38. The van der Waals surface area contributed by atoms with E-state index < -0.39 is 11.6 Å². The first-order valence-corrected chi connectivity index (χ1v) is 8.72. The van der Waals surface area contributed by atoms with Crippen LogP contribution in [-0.4, -0.2) is 34.6 Å². The number of carbonyl (C=O) groups is 1. The van der Waals surface area contributed by atoms with Crippen LogP contribution in [0, 0.1) is 11.6 Å². The molecule has 2 aromatic carbocycles. The topological polar surface area (TPSA) is 68.5 Å². The van der Waals surface area contributed by atoms with Crippen molar-refractivity contribution >= 4 is 5.91 Å². The fraction of sp³-hybridized carbons (Fsp3) is 0.250. The predicted octanol–water partition coefficient (Wildman–Crippen LogP) is 3.54. The molecule has 28 heavy (non-hydrogen) atoms. The molecule has 8 heteroatoms. The van der Waals surface area contributed by atoms with Crippen LogP contribution in [-0.2, 0) is 11.3 Å². The van der Waals surface area contributed by atoms with Crippen molar-refractivity contribution < 1.29 is 22.8 Å². The molecular formula is C20H17F2N3O3. The van der Waals surface area contributed by atoms with E-state index in [1.807, 2.05) is 18.2 Å². The highest BCUT2D eigenvalue weighted by atomic mass is 19.1. The van der Waals surface area contributed by atoms with Gasteiger partial charge in [0.2, 0.25) is 5.91 Å². The molecule has 0 radical (unpaired) electrons. The van der Waals surface area contributed by atoms with Gasteiger partial charge in [-0.15, -0.1) is 0 Å². The third kappa shape index (κ3) is 3.71. The van der Waals surface area contributed by atoms with Gasteiger partial charge in [-0.1, -0.05) is 11.2 Å². The highest BCUT2D eigenvalue weighted by Crippen LogP contribution is 2.30. The lowest BCUT2D eigenvalue weighted by atomic mass is 10.1. The van der Waals surface area contributed by atoms with Gasteiger partial charge in [-0.25, -0.2) is 8.78 Å². The second-order valence-corrected chi connectivity index (χ2v) is 6.64. The molecule has 1 aliphatic heterocycles. The Labute approximate surface area is 159 Å². The highest BCUT2D eigenvalue weighted by Gasteiger charge is 2.34. The maximum atomic E-state index is 13.4.